The molecule has 1 N–H and O–H groups in total. The third-order valence-corrected chi connectivity index (χ3v) is 8.19. The quantitative estimate of drug-likeness (QED) is 0.621. The topological polar surface area (TPSA) is 92.3 Å². The number of piperidine rings is 1. The van der Waals surface area contributed by atoms with E-state index in [9.17, 15) is 4.79 Å². The summed E-state index contributed by atoms with van der Waals surface area (Å²) in [5.41, 5.74) is 2.82. The first-order valence-electron chi connectivity index (χ1n) is 14.3. The number of ether oxygens (including phenoxy) is 3. The lowest BCUT2D eigenvalue weighted by Gasteiger charge is -2.36. The van der Waals surface area contributed by atoms with Crippen LogP contribution < -0.4 is 15.0 Å². The lowest BCUT2D eigenvalue weighted by atomic mass is 9.88. The number of hydrogen-bond acceptors (Lipinski definition) is 9. The van der Waals surface area contributed by atoms with E-state index in [1.54, 1.807) is 6.33 Å². The first-order chi connectivity index (χ1) is 18.8. The number of carbonyl (C=O) groups is 1. The first-order valence-corrected chi connectivity index (χ1v) is 14.3. The molecule has 10 nitrogen and oxygen atoms in total. The van der Waals surface area contributed by atoms with Gasteiger partial charge in [-0.05, 0) is 76.7 Å². The van der Waals surface area contributed by atoms with Crippen molar-refractivity contribution >= 4 is 23.4 Å². The molecule has 3 fully saturated rings. The third-order valence-electron chi connectivity index (χ3n) is 8.19. The fourth-order valence-corrected chi connectivity index (χ4v) is 6.12. The number of rotatable bonds is 3. The molecule has 0 saturated carbocycles. The minimum atomic E-state index is -0.457. The molecule has 2 aromatic rings. The predicted octanol–water partition coefficient (Wildman–Crippen LogP) is 4.14. The zero-order valence-corrected chi connectivity index (χ0v) is 23.3. The van der Waals surface area contributed by atoms with Crippen LogP contribution in [-0.4, -0.2) is 90.0 Å². The molecule has 1 aromatic carbocycles. The van der Waals surface area contributed by atoms with Gasteiger partial charge in [-0.2, -0.15) is 0 Å². The van der Waals surface area contributed by atoms with Gasteiger partial charge in [-0.25, -0.2) is 14.8 Å². The molecule has 210 valence electrons. The Morgan fingerprint density at radius 1 is 1.05 bits per heavy atom. The van der Waals surface area contributed by atoms with Crippen LogP contribution in [0.2, 0.25) is 0 Å². The summed E-state index contributed by atoms with van der Waals surface area (Å²) in [5.74, 6) is 3.07. The van der Waals surface area contributed by atoms with Crippen LogP contribution in [0.1, 0.15) is 57.1 Å². The minimum absolute atomic E-state index is 0.191. The molecule has 4 aliphatic rings. The number of benzene rings is 1. The summed E-state index contributed by atoms with van der Waals surface area (Å²) >= 11 is 0. The Labute approximate surface area is 230 Å². The molecular formula is C29H40N6O4. The van der Waals surface area contributed by atoms with Crippen molar-refractivity contribution in [1.82, 2.24) is 19.8 Å². The number of fused-ring (bicyclic) bond motifs is 2. The summed E-state index contributed by atoms with van der Waals surface area (Å²) in [6, 6.07) is 6.96. The monoisotopic (exact) mass is 536 g/mol. The van der Waals surface area contributed by atoms with Crippen LogP contribution in [0.25, 0.3) is 0 Å². The summed E-state index contributed by atoms with van der Waals surface area (Å²) in [6.45, 7) is 12.8. The van der Waals surface area contributed by atoms with Crippen LogP contribution in [0.5, 0.6) is 5.75 Å². The van der Waals surface area contributed by atoms with Crippen molar-refractivity contribution in [1.29, 1.82) is 0 Å². The summed E-state index contributed by atoms with van der Waals surface area (Å²) in [6.07, 6.45) is 4.65. The second kappa shape index (κ2) is 10.8. The molecule has 0 aliphatic carbocycles. The van der Waals surface area contributed by atoms with Gasteiger partial charge < -0.3 is 29.3 Å². The Morgan fingerprint density at radius 2 is 1.85 bits per heavy atom. The number of likely N-dealkylation sites (tertiary alicyclic amines) is 2. The van der Waals surface area contributed by atoms with Crippen molar-refractivity contribution in [3.63, 3.8) is 0 Å². The van der Waals surface area contributed by atoms with Gasteiger partial charge in [-0.3, -0.25) is 4.90 Å². The number of anilines is 3. The highest BCUT2D eigenvalue weighted by atomic mass is 16.6. The molecule has 1 atom stereocenters. The van der Waals surface area contributed by atoms with E-state index in [0.717, 1.165) is 87.2 Å². The van der Waals surface area contributed by atoms with Crippen molar-refractivity contribution in [3.8, 4) is 5.75 Å². The van der Waals surface area contributed by atoms with Crippen molar-refractivity contribution in [3.05, 3.63) is 35.7 Å². The van der Waals surface area contributed by atoms with E-state index in [4.69, 9.17) is 14.2 Å². The maximum Gasteiger partial charge on any atom is 0.410 e. The van der Waals surface area contributed by atoms with E-state index in [0.29, 0.717) is 31.8 Å². The summed E-state index contributed by atoms with van der Waals surface area (Å²) in [4.78, 5) is 28.3. The molecule has 1 aromatic heterocycles. The zero-order valence-electron chi connectivity index (χ0n) is 23.3. The molecular weight excluding hydrogens is 496 g/mol. The normalized spacial score (nSPS) is 22.4. The number of nitrogens with zero attached hydrogens (tertiary/aromatic N) is 5. The zero-order chi connectivity index (χ0) is 27.0. The first kappa shape index (κ1) is 26.1. The highest BCUT2D eigenvalue weighted by Gasteiger charge is 2.35. The Bertz CT molecular complexity index is 1190. The smallest absolute Gasteiger partial charge is 0.410 e. The van der Waals surface area contributed by atoms with Gasteiger partial charge in [0.1, 0.15) is 35.9 Å². The Balaban J connectivity index is 1.09. The van der Waals surface area contributed by atoms with Crippen LogP contribution >= 0.6 is 0 Å². The minimum Gasteiger partial charge on any atom is -0.486 e. The molecule has 10 heteroatoms. The Morgan fingerprint density at radius 3 is 2.62 bits per heavy atom. The highest BCUT2D eigenvalue weighted by molar-refractivity contribution is 5.72. The molecule has 1 amide bonds. The van der Waals surface area contributed by atoms with Crippen molar-refractivity contribution in [2.24, 2.45) is 0 Å². The third kappa shape index (κ3) is 5.77. The van der Waals surface area contributed by atoms with Crippen molar-refractivity contribution in [2.75, 3.05) is 62.7 Å². The van der Waals surface area contributed by atoms with Crippen LogP contribution in [0.4, 0.5) is 22.1 Å². The number of morpholine rings is 1. The van der Waals surface area contributed by atoms with Gasteiger partial charge in [0, 0.05) is 32.2 Å². The number of aromatic nitrogens is 2. The summed E-state index contributed by atoms with van der Waals surface area (Å²) in [5, 5.41) is 3.55. The standard InChI is InChI=1S/C29H40N6O4/c1-29(2,3)39-28(36)35-11-8-22(17-35)33-9-6-20(7-10-33)21-4-5-25-24(16-21)32-26-23(18-38-25)27(31-19-30-26)34-12-14-37-15-13-34/h4-5,16,19-20,22H,6-15,17-18H2,1-3H3,(H,30,31,32). The van der Waals surface area contributed by atoms with Gasteiger partial charge in [0.05, 0.1) is 24.5 Å². The van der Waals surface area contributed by atoms with Gasteiger partial charge in [0.15, 0.2) is 0 Å². The molecule has 39 heavy (non-hydrogen) atoms. The molecule has 6 rings (SSSR count). The largest absolute Gasteiger partial charge is 0.486 e. The van der Waals surface area contributed by atoms with E-state index in [-0.39, 0.29) is 6.09 Å². The highest BCUT2D eigenvalue weighted by Crippen LogP contribution is 2.39. The molecule has 5 heterocycles. The van der Waals surface area contributed by atoms with E-state index in [1.807, 2.05) is 25.7 Å². The summed E-state index contributed by atoms with van der Waals surface area (Å²) < 4.78 is 17.3. The molecule has 3 saturated heterocycles. The van der Waals surface area contributed by atoms with E-state index >= 15 is 0 Å². The molecule has 4 aliphatic heterocycles. The van der Waals surface area contributed by atoms with Gasteiger partial charge in [-0.1, -0.05) is 6.07 Å². The van der Waals surface area contributed by atoms with Gasteiger partial charge in [0.2, 0.25) is 0 Å². The maximum atomic E-state index is 12.5. The van der Waals surface area contributed by atoms with Crippen LogP contribution in [0.15, 0.2) is 24.5 Å². The average molecular weight is 537 g/mol. The van der Waals surface area contributed by atoms with Crippen LogP contribution in [-0.2, 0) is 16.1 Å². The maximum absolute atomic E-state index is 12.5. The van der Waals surface area contributed by atoms with Gasteiger partial charge >= 0.3 is 6.09 Å². The second-order valence-corrected chi connectivity index (χ2v) is 12.0. The number of nitrogens with one attached hydrogen (secondary N) is 1. The molecule has 0 radical (unpaired) electrons. The Kier molecular flexibility index (Phi) is 7.24. The van der Waals surface area contributed by atoms with Gasteiger partial charge in [-0.15, -0.1) is 0 Å². The van der Waals surface area contributed by atoms with Gasteiger partial charge in [0.25, 0.3) is 0 Å². The van der Waals surface area contributed by atoms with Crippen LogP contribution in [0.3, 0.4) is 0 Å². The molecule has 0 bridgehead atoms. The van der Waals surface area contributed by atoms with Crippen LogP contribution in [0, 0.1) is 0 Å². The molecule has 0 spiro atoms. The number of hydrogen-bond donors (Lipinski definition) is 1. The average Bonchev–Trinajstić information content (AvgIpc) is 3.35. The molecule has 1 unspecified atom stereocenters. The fraction of sp³-hybridized carbons (Fsp3) is 0.621. The second-order valence-electron chi connectivity index (χ2n) is 12.0. The Hall–Kier alpha value is -3.11. The van der Waals surface area contributed by atoms with E-state index < -0.39 is 5.60 Å². The van der Waals surface area contributed by atoms with Crippen molar-refractivity contribution < 1.29 is 19.0 Å². The summed E-state index contributed by atoms with van der Waals surface area (Å²) in [7, 11) is 0. The lowest BCUT2D eigenvalue weighted by molar-refractivity contribution is 0.0276. The number of carbonyl (C=O) groups excluding carboxylic acids is 1. The van der Waals surface area contributed by atoms with Crippen molar-refractivity contribution in [2.45, 2.75) is 64.2 Å². The fourth-order valence-electron chi connectivity index (χ4n) is 6.12. The predicted molar refractivity (Wildman–Crippen MR) is 149 cm³/mol. The lowest BCUT2D eigenvalue weighted by Crippen LogP contribution is -2.43. The SMILES string of the molecule is CC(C)(C)OC(=O)N1CCC(N2CCC(c3ccc4c(c3)Nc3ncnc(N5CCOCC5)c3CO4)CC2)C1. The van der Waals surface area contributed by atoms with E-state index in [1.165, 1.54) is 5.56 Å². The number of amides is 1. The van der Waals surface area contributed by atoms with E-state index in [2.05, 4.69) is 43.3 Å².